The van der Waals surface area contributed by atoms with Crippen molar-refractivity contribution in [1.82, 2.24) is 4.90 Å². The summed E-state index contributed by atoms with van der Waals surface area (Å²) < 4.78 is 7.94. The third-order valence-corrected chi connectivity index (χ3v) is 1.70. The summed E-state index contributed by atoms with van der Waals surface area (Å²) in [6.07, 6.45) is 3.86. The predicted octanol–water partition coefficient (Wildman–Crippen LogP) is -0.936. The second kappa shape index (κ2) is 8.14. The summed E-state index contributed by atoms with van der Waals surface area (Å²) in [7, 11) is 0. The third-order valence-electron chi connectivity index (χ3n) is 1.70. The zero-order valence-corrected chi connectivity index (χ0v) is 9.79. The van der Waals surface area contributed by atoms with Crippen LogP contribution in [0.4, 0.5) is 0 Å². The molecule has 0 aromatic rings. The first-order chi connectivity index (χ1) is 8.54. The van der Waals surface area contributed by atoms with Gasteiger partial charge in [0.25, 0.3) is 0 Å². The zero-order chi connectivity index (χ0) is 14.1. The van der Waals surface area contributed by atoms with Crippen molar-refractivity contribution in [1.29, 1.82) is 0 Å². The van der Waals surface area contributed by atoms with E-state index in [1.807, 2.05) is 0 Å². The van der Waals surface area contributed by atoms with Crippen LogP contribution in [-0.2, 0) is 43.5 Å². The van der Waals surface area contributed by atoms with E-state index < -0.39 is 11.8 Å². The Balaban J connectivity index is 0.000000289. The molecule has 2 rings (SSSR count). The van der Waals surface area contributed by atoms with Gasteiger partial charge in [0.15, 0.2) is 6.41 Å². The molecule has 0 atom stereocenters. The van der Waals surface area contributed by atoms with Crippen LogP contribution in [0.1, 0.15) is 12.8 Å². The Morgan fingerprint density at radius 1 is 1.00 bits per heavy atom. The molecule has 1 saturated heterocycles. The third kappa shape index (κ3) is 4.89. The predicted molar refractivity (Wildman–Crippen MR) is 50.0 cm³/mol. The quantitative estimate of drug-likeness (QED) is 0.455. The summed E-state index contributed by atoms with van der Waals surface area (Å²) in [6, 6.07) is 0. The number of hydrogen-bond donors (Lipinski definition) is 0. The van der Waals surface area contributed by atoms with E-state index in [2.05, 4.69) is 21.0 Å². The number of rotatable bonds is 1. The number of amides is 5. The number of carbonyl (C=O) groups is 4. The zero-order valence-electron chi connectivity index (χ0n) is 8.75. The molecule has 2 aliphatic rings. The second-order valence-corrected chi connectivity index (χ2v) is 2.84. The maximum absolute atomic E-state index is 10.4. The Morgan fingerprint density at radius 2 is 1.39 bits per heavy atom. The monoisotopic (exact) mass is 297 g/mol. The molecular formula is C9H6CoN2O6-2. The number of hydrogen-bond acceptors (Lipinski definition) is 6. The fourth-order valence-electron chi connectivity index (χ4n) is 0.955. The van der Waals surface area contributed by atoms with E-state index >= 15 is 0 Å². The standard InChI is InChI=1S/C5H2NO3.C4H5NO2.Co.O/c7-3-6-4(8)1-2-5(6)9;6-3-1-2-4(7)5-3;;/h1-2H;1-2H2,(H,5,6,7);;/q-1;;;/p-1. The average molecular weight is 297 g/mol. The van der Waals surface area contributed by atoms with E-state index in [1.165, 1.54) is 6.41 Å². The molecule has 2 heterocycles. The Labute approximate surface area is 109 Å². The van der Waals surface area contributed by atoms with Crippen LogP contribution in [0, 0.1) is 0 Å². The topological polar surface area (TPSA) is 120 Å². The van der Waals surface area contributed by atoms with Crippen molar-refractivity contribution in [2.24, 2.45) is 0 Å². The number of nitrogens with zero attached hydrogens (tertiary/aromatic N) is 2. The van der Waals surface area contributed by atoms with Crippen LogP contribution in [0.2, 0.25) is 0 Å². The minimum absolute atomic E-state index is 0.273. The van der Waals surface area contributed by atoms with Gasteiger partial charge in [0.1, 0.15) is 11.8 Å². The van der Waals surface area contributed by atoms with Gasteiger partial charge in [-0.3, -0.25) is 0 Å². The first-order valence-corrected chi connectivity index (χ1v) is 4.82. The van der Waals surface area contributed by atoms with Crippen molar-refractivity contribution in [3.8, 4) is 0 Å². The van der Waals surface area contributed by atoms with Gasteiger partial charge in [-0.2, -0.15) is 0 Å². The first-order valence-electron chi connectivity index (χ1n) is 4.39. The molecule has 18 heavy (non-hydrogen) atoms. The van der Waals surface area contributed by atoms with Crippen LogP contribution in [0.25, 0.3) is 5.32 Å². The van der Waals surface area contributed by atoms with E-state index in [4.69, 9.17) is 3.87 Å². The van der Waals surface area contributed by atoms with Gasteiger partial charge in [-0.1, -0.05) is 12.2 Å². The second-order valence-electron chi connectivity index (χ2n) is 2.84. The van der Waals surface area contributed by atoms with Gasteiger partial charge >= 0.3 is 19.5 Å². The summed E-state index contributed by atoms with van der Waals surface area (Å²) in [6.45, 7) is 0. The van der Waals surface area contributed by atoms with E-state index in [1.54, 1.807) is 0 Å². The molecule has 0 N–H and O–H groups in total. The summed E-state index contributed by atoms with van der Waals surface area (Å²) in [5.74, 6) is -1.81. The van der Waals surface area contributed by atoms with Crippen LogP contribution in [-0.4, -0.2) is 34.9 Å². The van der Waals surface area contributed by atoms with Crippen molar-refractivity contribution in [3.63, 3.8) is 0 Å². The molecule has 9 heteroatoms. The summed E-state index contributed by atoms with van der Waals surface area (Å²) >= 11 is 2.31. The van der Waals surface area contributed by atoms with Gasteiger partial charge < -0.3 is 34.2 Å². The molecule has 0 aliphatic carbocycles. The normalized spacial score (nSPS) is 16.6. The fraction of sp³-hybridized carbons (Fsp3) is 0.222. The minimum atomic E-state index is -0.630. The molecule has 0 aromatic heterocycles. The van der Waals surface area contributed by atoms with Crippen LogP contribution >= 0.6 is 0 Å². The molecule has 99 valence electrons. The molecular weight excluding hydrogens is 291 g/mol. The molecule has 5 amide bonds. The van der Waals surface area contributed by atoms with Crippen molar-refractivity contribution in [2.75, 3.05) is 0 Å². The van der Waals surface area contributed by atoms with Gasteiger partial charge in [-0.05, 0) is 12.8 Å². The van der Waals surface area contributed by atoms with Crippen LogP contribution < -0.4 is 0 Å². The van der Waals surface area contributed by atoms with Crippen LogP contribution in [0.15, 0.2) is 12.2 Å². The molecule has 8 nitrogen and oxygen atoms in total. The summed E-state index contributed by atoms with van der Waals surface area (Å²) in [5.41, 5.74) is 0. The molecule has 0 spiro atoms. The maximum atomic E-state index is 10.4. The van der Waals surface area contributed by atoms with Crippen LogP contribution in [0.5, 0.6) is 0 Å². The van der Waals surface area contributed by atoms with E-state index in [-0.39, 0.29) is 11.8 Å². The van der Waals surface area contributed by atoms with E-state index in [9.17, 15) is 24.0 Å². The van der Waals surface area contributed by atoms with Gasteiger partial charge in [-0.15, -0.1) is 0 Å². The Morgan fingerprint density at radius 3 is 1.56 bits per heavy atom. The van der Waals surface area contributed by atoms with Crippen LogP contribution in [0.3, 0.4) is 0 Å². The number of carbonyl (C=O) groups excluding carboxylic acids is 5. The number of imide groups is 4. The van der Waals surface area contributed by atoms with E-state index in [0.717, 1.165) is 12.2 Å². The van der Waals surface area contributed by atoms with Crippen molar-refractivity contribution in [3.05, 3.63) is 17.5 Å². The first kappa shape index (κ1) is 16.0. The molecule has 0 radical (unpaired) electrons. The average Bonchev–Trinajstić information content (AvgIpc) is 2.89. The van der Waals surface area contributed by atoms with Crippen molar-refractivity contribution >= 4 is 30.0 Å². The molecule has 0 saturated carbocycles. The Kier molecular flexibility index (Phi) is 7.23. The molecule has 1 fully saturated rings. The van der Waals surface area contributed by atoms with Gasteiger partial charge in [0.05, 0.1) is 11.8 Å². The van der Waals surface area contributed by atoms with Gasteiger partial charge in [0.2, 0.25) is 0 Å². The molecule has 0 aromatic carbocycles. The van der Waals surface area contributed by atoms with Crippen molar-refractivity contribution < 1.29 is 43.5 Å². The Hall–Kier alpha value is -2.00. The SMILES string of the molecule is O=C1CCC(=O)[N-]1.O=[C-]N1C(=O)C=CC1=O.[O]=[Co]. The molecule has 0 unspecified atom stereocenters. The summed E-state index contributed by atoms with van der Waals surface area (Å²) in [5, 5.41) is 3.11. The molecule has 0 bridgehead atoms. The Bertz CT molecular complexity index is 387. The summed E-state index contributed by atoms with van der Waals surface area (Å²) in [4.78, 5) is 51.0. The van der Waals surface area contributed by atoms with Gasteiger partial charge in [0, 0.05) is 0 Å². The van der Waals surface area contributed by atoms with Crippen molar-refractivity contribution in [2.45, 2.75) is 12.8 Å². The van der Waals surface area contributed by atoms with E-state index in [0.29, 0.717) is 17.7 Å². The fourth-order valence-corrected chi connectivity index (χ4v) is 0.955. The van der Waals surface area contributed by atoms with Gasteiger partial charge in [-0.25, -0.2) is 0 Å². The molecule has 2 aliphatic heterocycles.